The molecule has 5 heteroatoms. The monoisotopic (exact) mass is 358 g/mol. The Morgan fingerprint density at radius 3 is 2.88 bits per heavy atom. The summed E-state index contributed by atoms with van der Waals surface area (Å²) < 4.78 is 5.82. The smallest absolute Gasteiger partial charge is 0.262 e. The molecule has 0 spiro atoms. The molecule has 0 unspecified atom stereocenters. The molecule has 25 heavy (non-hydrogen) atoms. The van der Waals surface area contributed by atoms with E-state index in [1.165, 1.54) is 11.3 Å². The van der Waals surface area contributed by atoms with Gasteiger partial charge in [-0.05, 0) is 22.9 Å². The third kappa shape index (κ3) is 4.91. The maximum atomic E-state index is 12.6. The zero-order valence-corrected chi connectivity index (χ0v) is 15.7. The third-order valence-corrected chi connectivity index (χ3v) is 5.21. The Labute approximate surface area is 153 Å². The van der Waals surface area contributed by atoms with Gasteiger partial charge in [0.05, 0.1) is 17.6 Å². The highest BCUT2D eigenvalue weighted by molar-refractivity contribution is 7.12. The molecule has 1 aromatic carbocycles. The molecule has 0 radical (unpaired) electrons. The van der Waals surface area contributed by atoms with Gasteiger partial charge in [0.1, 0.15) is 0 Å². The molecule has 3 rings (SSSR count). The molecule has 2 aromatic rings. The lowest BCUT2D eigenvalue weighted by Gasteiger charge is -2.33. The van der Waals surface area contributed by atoms with E-state index in [1.807, 2.05) is 41.8 Å². The molecule has 1 aliphatic rings. The first kappa shape index (κ1) is 18.1. The molecule has 0 bridgehead atoms. The minimum absolute atomic E-state index is 0.0153. The fraction of sp³-hybridized carbons (Fsp3) is 0.450. The molecule has 0 aliphatic carbocycles. The number of thiophene rings is 1. The standard InChI is InChI=1S/C20H26N2O2S/c1-15(2)13-22-9-10-24-17(14-22)12-21-20(23)19-18(8-11-25-19)16-6-4-3-5-7-16/h3-8,11,15,17H,9-10,12-14H2,1-2H3,(H,21,23)/t17-/m1/s1. The van der Waals surface area contributed by atoms with E-state index in [1.54, 1.807) is 0 Å². The van der Waals surface area contributed by atoms with E-state index < -0.39 is 0 Å². The molecule has 1 amide bonds. The Hall–Kier alpha value is -1.69. The van der Waals surface area contributed by atoms with E-state index in [-0.39, 0.29) is 12.0 Å². The fourth-order valence-corrected chi connectivity index (χ4v) is 4.04. The number of ether oxygens (including phenoxy) is 1. The molecule has 4 nitrogen and oxygen atoms in total. The first-order chi connectivity index (χ1) is 12.1. The van der Waals surface area contributed by atoms with Crippen molar-refractivity contribution in [1.29, 1.82) is 0 Å². The van der Waals surface area contributed by atoms with E-state index in [9.17, 15) is 4.79 Å². The summed E-state index contributed by atoms with van der Waals surface area (Å²) in [6.45, 7) is 8.69. The summed E-state index contributed by atoms with van der Waals surface area (Å²) in [5.74, 6) is 0.631. The summed E-state index contributed by atoms with van der Waals surface area (Å²) in [7, 11) is 0. The van der Waals surface area contributed by atoms with Crippen LogP contribution < -0.4 is 5.32 Å². The van der Waals surface area contributed by atoms with Crippen molar-refractivity contribution in [2.75, 3.05) is 32.8 Å². The SMILES string of the molecule is CC(C)CN1CCO[C@H](CNC(=O)c2sccc2-c2ccccc2)C1. The maximum absolute atomic E-state index is 12.6. The fourth-order valence-electron chi connectivity index (χ4n) is 3.20. The van der Waals surface area contributed by atoms with Crippen LogP contribution in [0.3, 0.4) is 0 Å². The summed E-state index contributed by atoms with van der Waals surface area (Å²) in [6.07, 6.45) is 0.0663. The Bertz CT molecular complexity index is 684. The zero-order chi connectivity index (χ0) is 17.6. The van der Waals surface area contributed by atoms with Crippen LogP contribution in [-0.4, -0.2) is 49.7 Å². The average molecular weight is 359 g/mol. The Morgan fingerprint density at radius 2 is 2.12 bits per heavy atom. The molecular weight excluding hydrogens is 332 g/mol. The third-order valence-electron chi connectivity index (χ3n) is 4.29. The highest BCUT2D eigenvalue weighted by atomic mass is 32.1. The number of morpholine rings is 1. The zero-order valence-electron chi connectivity index (χ0n) is 14.9. The Balaban J connectivity index is 1.58. The van der Waals surface area contributed by atoms with Crippen LogP contribution >= 0.6 is 11.3 Å². The highest BCUT2D eigenvalue weighted by Gasteiger charge is 2.22. The number of hydrogen-bond acceptors (Lipinski definition) is 4. The van der Waals surface area contributed by atoms with Gasteiger partial charge in [-0.15, -0.1) is 11.3 Å². The molecule has 1 fully saturated rings. The second-order valence-corrected chi connectivity index (χ2v) is 7.80. The van der Waals surface area contributed by atoms with Crippen molar-refractivity contribution in [2.24, 2.45) is 5.92 Å². The summed E-state index contributed by atoms with van der Waals surface area (Å²) >= 11 is 1.48. The minimum atomic E-state index is -0.0153. The minimum Gasteiger partial charge on any atom is -0.374 e. The number of nitrogens with one attached hydrogen (secondary N) is 1. The first-order valence-corrected chi connectivity index (χ1v) is 9.76. The Kier molecular flexibility index (Phi) is 6.24. The molecule has 1 atom stereocenters. The van der Waals surface area contributed by atoms with Gasteiger partial charge in [0, 0.05) is 31.7 Å². The number of amides is 1. The van der Waals surface area contributed by atoms with Gasteiger partial charge in [0.25, 0.3) is 5.91 Å². The second-order valence-electron chi connectivity index (χ2n) is 6.89. The molecule has 1 N–H and O–H groups in total. The van der Waals surface area contributed by atoms with Gasteiger partial charge in [-0.3, -0.25) is 9.69 Å². The van der Waals surface area contributed by atoms with Gasteiger partial charge in [-0.1, -0.05) is 44.2 Å². The summed E-state index contributed by atoms with van der Waals surface area (Å²) in [5.41, 5.74) is 2.07. The van der Waals surface area contributed by atoms with Crippen molar-refractivity contribution in [3.63, 3.8) is 0 Å². The van der Waals surface area contributed by atoms with Crippen LogP contribution in [0.1, 0.15) is 23.5 Å². The van der Waals surface area contributed by atoms with Gasteiger partial charge >= 0.3 is 0 Å². The molecule has 1 saturated heterocycles. The van der Waals surface area contributed by atoms with Gasteiger partial charge in [0.15, 0.2) is 0 Å². The molecular formula is C20H26N2O2S. The normalized spacial score (nSPS) is 18.4. The number of carbonyl (C=O) groups excluding carboxylic acids is 1. The van der Waals surface area contributed by atoms with Crippen LogP contribution in [0.15, 0.2) is 41.8 Å². The van der Waals surface area contributed by atoms with Crippen LogP contribution in [-0.2, 0) is 4.74 Å². The van der Waals surface area contributed by atoms with E-state index in [0.29, 0.717) is 12.5 Å². The van der Waals surface area contributed by atoms with E-state index in [2.05, 4.69) is 24.1 Å². The van der Waals surface area contributed by atoms with Crippen molar-refractivity contribution in [2.45, 2.75) is 20.0 Å². The van der Waals surface area contributed by atoms with Crippen molar-refractivity contribution < 1.29 is 9.53 Å². The highest BCUT2D eigenvalue weighted by Crippen LogP contribution is 2.28. The van der Waals surface area contributed by atoms with E-state index in [0.717, 1.165) is 42.2 Å². The molecule has 134 valence electrons. The summed E-state index contributed by atoms with van der Waals surface area (Å²) in [6, 6.07) is 12.1. The molecule has 1 aliphatic heterocycles. The molecule has 0 saturated carbocycles. The number of benzene rings is 1. The topological polar surface area (TPSA) is 41.6 Å². The average Bonchev–Trinajstić information content (AvgIpc) is 3.10. The van der Waals surface area contributed by atoms with Gasteiger partial charge < -0.3 is 10.1 Å². The lowest BCUT2D eigenvalue weighted by atomic mass is 10.1. The van der Waals surface area contributed by atoms with Gasteiger partial charge in [0.2, 0.25) is 0 Å². The number of carbonyl (C=O) groups is 1. The summed E-state index contributed by atoms with van der Waals surface area (Å²) in [5, 5.41) is 5.03. The molecule has 1 aromatic heterocycles. The van der Waals surface area contributed by atoms with Crippen molar-refractivity contribution in [3.8, 4) is 11.1 Å². The van der Waals surface area contributed by atoms with Crippen LogP contribution in [0.4, 0.5) is 0 Å². The quantitative estimate of drug-likeness (QED) is 0.859. The van der Waals surface area contributed by atoms with E-state index >= 15 is 0 Å². The van der Waals surface area contributed by atoms with Crippen molar-refractivity contribution in [3.05, 3.63) is 46.7 Å². The number of hydrogen-bond donors (Lipinski definition) is 1. The maximum Gasteiger partial charge on any atom is 0.262 e. The number of rotatable bonds is 6. The first-order valence-electron chi connectivity index (χ1n) is 8.88. The lowest BCUT2D eigenvalue weighted by molar-refractivity contribution is -0.0295. The van der Waals surface area contributed by atoms with Crippen LogP contribution in [0.2, 0.25) is 0 Å². The van der Waals surface area contributed by atoms with Crippen LogP contribution in [0.5, 0.6) is 0 Å². The number of nitrogens with zero attached hydrogens (tertiary/aromatic N) is 1. The van der Waals surface area contributed by atoms with E-state index in [4.69, 9.17) is 4.74 Å². The molecule has 2 heterocycles. The van der Waals surface area contributed by atoms with Gasteiger partial charge in [-0.25, -0.2) is 0 Å². The summed E-state index contributed by atoms with van der Waals surface area (Å²) in [4.78, 5) is 15.8. The van der Waals surface area contributed by atoms with Gasteiger partial charge in [-0.2, -0.15) is 0 Å². The predicted octanol–water partition coefficient (Wildman–Crippen LogP) is 3.50. The van der Waals surface area contributed by atoms with Crippen molar-refractivity contribution >= 4 is 17.2 Å². The van der Waals surface area contributed by atoms with Crippen molar-refractivity contribution in [1.82, 2.24) is 10.2 Å². The largest absolute Gasteiger partial charge is 0.374 e. The Morgan fingerprint density at radius 1 is 1.32 bits per heavy atom. The van der Waals surface area contributed by atoms with Crippen LogP contribution in [0.25, 0.3) is 11.1 Å². The second kappa shape index (κ2) is 8.61. The van der Waals surface area contributed by atoms with Crippen LogP contribution in [0, 0.1) is 5.92 Å². The lowest BCUT2D eigenvalue weighted by Crippen LogP contribution is -2.48. The predicted molar refractivity (Wildman–Crippen MR) is 103 cm³/mol.